The largest absolute Gasteiger partial charge is 0.359 e. The van der Waals surface area contributed by atoms with Gasteiger partial charge in [-0.1, -0.05) is 54.1 Å². The SMILES string of the molecule is Cc1ccc(-n2nc3c4cc(Cc5ccccc5)ccc4[nH]c(=O)n3c2=O)cc1. The van der Waals surface area contributed by atoms with Crippen LogP contribution in [-0.2, 0) is 6.42 Å². The van der Waals surface area contributed by atoms with Crippen molar-refractivity contribution in [2.24, 2.45) is 0 Å². The summed E-state index contributed by atoms with van der Waals surface area (Å²) in [6.45, 7) is 1.97. The summed E-state index contributed by atoms with van der Waals surface area (Å²) in [4.78, 5) is 28.2. The maximum atomic E-state index is 12.9. The predicted octanol–water partition coefficient (Wildman–Crippen LogP) is 3.23. The monoisotopic (exact) mass is 382 g/mol. The van der Waals surface area contributed by atoms with Crippen molar-refractivity contribution < 1.29 is 0 Å². The molecule has 0 fully saturated rings. The highest BCUT2D eigenvalue weighted by Crippen LogP contribution is 2.19. The number of benzene rings is 3. The molecule has 29 heavy (non-hydrogen) atoms. The molecule has 0 saturated carbocycles. The van der Waals surface area contributed by atoms with Gasteiger partial charge in [0.1, 0.15) is 0 Å². The molecule has 2 aromatic heterocycles. The topological polar surface area (TPSA) is 72.2 Å². The first kappa shape index (κ1) is 17.2. The molecule has 0 saturated heterocycles. The number of rotatable bonds is 3. The molecule has 5 rings (SSSR count). The fraction of sp³-hybridized carbons (Fsp3) is 0.0870. The maximum absolute atomic E-state index is 12.9. The Balaban J connectivity index is 1.73. The minimum atomic E-state index is -0.494. The van der Waals surface area contributed by atoms with Gasteiger partial charge in [-0.15, -0.1) is 5.10 Å². The van der Waals surface area contributed by atoms with Crippen molar-refractivity contribution in [1.82, 2.24) is 19.2 Å². The van der Waals surface area contributed by atoms with Crippen molar-refractivity contribution in [2.75, 3.05) is 0 Å². The number of nitrogens with one attached hydrogen (secondary N) is 1. The van der Waals surface area contributed by atoms with E-state index in [0.29, 0.717) is 16.9 Å². The smallest absolute Gasteiger partial charge is 0.306 e. The molecular formula is C23H18N4O2. The van der Waals surface area contributed by atoms with Gasteiger partial charge in [-0.3, -0.25) is 0 Å². The lowest BCUT2D eigenvalue weighted by Gasteiger charge is -2.05. The van der Waals surface area contributed by atoms with Crippen LogP contribution in [0.3, 0.4) is 0 Å². The molecule has 0 aliphatic heterocycles. The Kier molecular flexibility index (Phi) is 3.91. The van der Waals surface area contributed by atoms with Crippen LogP contribution in [-0.4, -0.2) is 19.2 Å². The highest BCUT2D eigenvalue weighted by Gasteiger charge is 2.15. The second kappa shape index (κ2) is 6.60. The Hall–Kier alpha value is -3.93. The third-order valence-electron chi connectivity index (χ3n) is 5.08. The van der Waals surface area contributed by atoms with E-state index in [2.05, 4.69) is 22.2 Å². The van der Waals surface area contributed by atoms with Crippen LogP contribution in [0.5, 0.6) is 0 Å². The van der Waals surface area contributed by atoms with Gasteiger partial charge in [0.15, 0.2) is 5.65 Å². The average molecular weight is 382 g/mol. The van der Waals surface area contributed by atoms with Gasteiger partial charge < -0.3 is 4.98 Å². The van der Waals surface area contributed by atoms with Crippen LogP contribution in [0, 0.1) is 6.92 Å². The lowest BCUT2D eigenvalue weighted by Crippen LogP contribution is -2.29. The highest BCUT2D eigenvalue weighted by molar-refractivity contribution is 5.91. The number of fused-ring (bicyclic) bond motifs is 3. The molecular weight excluding hydrogens is 364 g/mol. The number of aryl methyl sites for hydroxylation is 1. The van der Waals surface area contributed by atoms with E-state index in [0.717, 1.165) is 27.3 Å². The van der Waals surface area contributed by atoms with Crippen LogP contribution in [0.4, 0.5) is 0 Å². The van der Waals surface area contributed by atoms with Crippen LogP contribution < -0.4 is 11.4 Å². The van der Waals surface area contributed by atoms with E-state index in [9.17, 15) is 9.59 Å². The summed E-state index contributed by atoms with van der Waals surface area (Å²) >= 11 is 0. The first-order chi connectivity index (χ1) is 14.1. The summed E-state index contributed by atoms with van der Waals surface area (Å²) in [5, 5.41) is 5.23. The van der Waals surface area contributed by atoms with Crippen molar-refractivity contribution in [3.05, 3.63) is 110 Å². The summed E-state index contributed by atoms with van der Waals surface area (Å²) in [5.74, 6) is 0. The Labute approximate surface area is 165 Å². The molecule has 0 aliphatic rings. The van der Waals surface area contributed by atoms with Crippen molar-refractivity contribution in [3.63, 3.8) is 0 Å². The molecule has 142 valence electrons. The van der Waals surface area contributed by atoms with Gasteiger partial charge in [-0.2, -0.15) is 9.08 Å². The number of hydrogen-bond donors (Lipinski definition) is 1. The van der Waals surface area contributed by atoms with Crippen LogP contribution in [0.1, 0.15) is 16.7 Å². The second-order valence-corrected chi connectivity index (χ2v) is 7.16. The standard InChI is InChI=1S/C23H18N4O2/c1-15-7-10-18(11-8-15)27-23(29)26-21(25-27)19-14-17(9-12-20(19)24-22(26)28)13-16-5-3-2-4-6-16/h2-12,14H,13H2,1H3,(H,24,28). The van der Waals surface area contributed by atoms with E-state index in [-0.39, 0.29) is 0 Å². The van der Waals surface area contributed by atoms with Gasteiger partial charge >= 0.3 is 11.4 Å². The summed E-state index contributed by atoms with van der Waals surface area (Å²) in [6.07, 6.45) is 0.755. The van der Waals surface area contributed by atoms with Crippen molar-refractivity contribution in [2.45, 2.75) is 13.3 Å². The van der Waals surface area contributed by atoms with Crippen molar-refractivity contribution >= 4 is 16.6 Å². The minimum Gasteiger partial charge on any atom is -0.306 e. The molecule has 1 N–H and O–H groups in total. The lowest BCUT2D eigenvalue weighted by molar-refractivity contribution is 0.827. The second-order valence-electron chi connectivity index (χ2n) is 7.16. The van der Waals surface area contributed by atoms with Crippen LogP contribution in [0.25, 0.3) is 22.2 Å². The molecule has 6 heteroatoms. The van der Waals surface area contributed by atoms with Crippen LogP contribution in [0.15, 0.2) is 82.4 Å². The van der Waals surface area contributed by atoms with E-state index in [4.69, 9.17) is 0 Å². The Bertz CT molecular complexity index is 1460. The number of nitrogens with zero attached hydrogens (tertiary/aromatic N) is 3. The van der Waals surface area contributed by atoms with E-state index < -0.39 is 11.4 Å². The highest BCUT2D eigenvalue weighted by atomic mass is 16.2. The van der Waals surface area contributed by atoms with Gasteiger partial charge in [0.05, 0.1) is 11.2 Å². The molecule has 0 aliphatic carbocycles. The quantitative estimate of drug-likeness (QED) is 0.521. The van der Waals surface area contributed by atoms with Crippen LogP contribution in [0.2, 0.25) is 0 Å². The van der Waals surface area contributed by atoms with E-state index in [1.54, 1.807) is 0 Å². The Morgan fingerprint density at radius 2 is 1.66 bits per heavy atom. The van der Waals surface area contributed by atoms with Crippen molar-refractivity contribution in [3.8, 4) is 5.69 Å². The molecule has 3 aromatic carbocycles. The van der Waals surface area contributed by atoms with E-state index >= 15 is 0 Å². The summed E-state index contributed by atoms with van der Waals surface area (Å²) < 4.78 is 2.36. The molecule has 5 aromatic rings. The van der Waals surface area contributed by atoms with Crippen molar-refractivity contribution in [1.29, 1.82) is 0 Å². The Morgan fingerprint density at radius 3 is 2.41 bits per heavy atom. The number of H-pyrrole nitrogens is 1. The van der Waals surface area contributed by atoms with E-state index in [1.165, 1.54) is 10.2 Å². The molecule has 0 unspecified atom stereocenters. The zero-order chi connectivity index (χ0) is 20.0. The predicted molar refractivity (Wildman–Crippen MR) is 113 cm³/mol. The molecule has 0 spiro atoms. The molecule has 0 amide bonds. The Morgan fingerprint density at radius 1 is 0.897 bits per heavy atom. The zero-order valence-electron chi connectivity index (χ0n) is 15.8. The molecule has 0 radical (unpaired) electrons. The van der Waals surface area contributed by atoms with Gasteiger partial charge in [-0.05, 0) is 48.7 Å². The maximum Gasteiger partial charge on any atom is 0.359 e. The van der Waals surface area contributed by atoms with Crippen LogP contribution >= 0.6 is 0 Å². The van der Waals surface area contributed by atoms with Gasteiger partial charge in [-0.25, -0.2) is 9.59 Å². The fourth-order valence-electron chi connectivity index (χ4n) is 3.58. The van der Waals surface area contributed by atoms with Gasteiger partial charge in [0.25, 0.3) is 0 Å². The third-order valence-corrected chi connectivity index (χ3v) is 5.08. The summed E-state index contributed by atoms with van der Waals surface area (Å²) in [5.41, 5.74) is 4.00. The fourth-order valence-corrected chi connectivity index (χ4v) is 3.58. The van der Waals surface area contributed by atoms with E-state index in [1.807, 2.05) is 67.6 Å². The van der Waals surface area contributed by atoms with Gasteiger partial charge in [0.2, 0.25) is 0 Å². The average Bonchev–Trinajstić information content (AvgIpc) is 3.08. The number of hydrogen-bond acceptors (Lipinski definition) is 3. The third kappa shape index (κ3) is 2.95. The molecule has 6 nitrogen and oxygen atoms in total. The normalized spacial score (nSPS) is 11.3. The zero-order valence-corrected chi connectivity index (χ0v) is 15.8. The minimum absolute atomic E-state index is 0.351. The number of aromatic amines is 1. The number of aromatic nitrogens is 4. The summed E-state index contributed by atoms with van der Waals surface area (Å²) in [7, 11) is 0. The first-order valence-electron chi connectivity index (χ1n) is 9.38. The molecule has 2 heterocycles. The lowest BCUT2D eigenvalue weighted by atomic mass is 10.0. The molecule has 0 atom stereocenters. The van der Waals surface area contributed by atoms with Gasteiger partial charge in [0, 0.05) is 5.39 Å². The molecule has 0 bridgehead atoms. The first-order valence-corrected chi connectivity index (χ1v) is 9.38. The summed E-state index contributed by atoms with van der Waals surface area (Å²) in [6, 6.07) is 23.4.